The number of Topliss-reactive ketones (excluding diaryl/α,β-unsaturated/α-hetero) is 1. The third-order valence-corrected chi connectivity index (χ3v) is 6.74. The molecule has 0 unspecified atom stereocenters. The summed E-state index contributed by atoms with van der Waals surface area (Å²) >= 11 is 6.62. The van der Waals surface area contributed by atoms with E-state index < -0.39 is 34.5 Å². The maximum Gasteiger partial charge on any atom is 0.417 e. The van der Waals surface area contributed by atoms with Crippen LogP contribution in [0.4, 0.5) is 23.2 Å². The van der Waals surface area contributed by atoms with Crippen LogP contribution < -0.4 is 5.32 Å². The highest BCUT2D eigenvalue weighted by Gasteiger charge is 2.33. The molecule has 190 valence electrons. The molecule has 37 heavy (non-hydrogen) atoms. The van der Waals surface area contributed by atoms with Gasteiger partial charge in [-0.2, -0.15) is 17.6 Å². The molecule has 7 nitrogen and oxygen atoms in total. The summed E-state index contributed by atoms with van der Waals surface area (Å²) < 4.78 is 53.2. The van der Waals surface area contributed by atoms with Gasteiger partial charge < -0.3 is 5.32 Å². The number of ketones is 1. The molecule has 4 aromatic rings. The highest BCUT2D eigenvalue weighted by molar-refractivity contribution is 7.13. The fourth-order valence-corrected chi connectivity index (χ4v) is 4.43. The van der Waals surface area contributed by atoms with E-state index in [-0.39, 0.29) is 39.7 Å². The van der Waals surface area contributed by atoms with E-state index in [4.69, 9.17) is 11.6 Å². The molecule has 0 fully saturated rings. The molecule has 0 saturated carbocycles. The quantitative estimate of drug-likeness (QED) is 0.162. The normalized spacial score (nSPS) is 12.3. The lowest BCUT2D eigenvalue weighted by atomic mass is 10.0. The average Bonchev–Trinajstić information content (AvgIpc) is 3.36. The molecule has 0 spiro atoms. The molecule has 0 bridgehead atoms. The van der Waals surface area contributed by atoms with Gasteiger partial charge in [-0.25, -0.2) is 19.9 Å². The predicted molar refractivity (Wildman–Crippen MR) is 129 cm³/mol. The Morgan fingerprint density at radius 3 is 2.62 bits per heavy atom. The van der Waals surface area contributed by atoms with Crippen LogP contribution in [0.1, 0.15) is 50.0 Å². The maximum atomic E-state index is 14.0. The van der Waals surface area contributed by atoms with E-state index in [1.54, 1.807) is 13.0 Å². The number of pyridine rings is 1. The number of halogens is 5. The molecule has 3 heterocycles. The molecule has 4 rings (SSSR count). The summed E-state index contributed by atoms with van der Waals surface area (Å²) in [4.78, 5) is 41.3. The summed E-state index contributed by atoms with van der Waals surface area (Å²) in [5, 5.41) is 2.39. The van der Waals surface area contributed by atoms with Gasteiger partial charge in [0.25, 0.3) is 5.91 Å². The average molecular weight is 550 g/mol. The first-order valence-electron chi connectivity index (χ1n) is 10.6. The fraction of sp³-hybridized carbons (Fsp3) is 0.167. The minimum atomic E-state index is -4.67. The second-order valence-corrected chi connectivity index (χ2v) is 9.34. The number of nitrogens with zero attached hydrogens (tertiary/aromatic N) is 4. The number of amides is 1. The number of aromatic nitrogens is 4. The third kappa shape index (κ3) is 6.15. The molecule has 0 aliphatic carbocycles. The number of hydrogen-bond donors (Lipinski definition) is 1. The smallest absolute Gasteiger partial charge is 0.321 e. The monoisotopic (exact) mass is 549 g/mol. The van der Waals surface area contributed by atoms with Gasteiger partial charge in [0.2, 0.25) is 5.95 Å². The van der Waals surface area contributed by atoms with Crippen LogP contribution in [0.25, 0.3) is 11.3 Å². The summed E-state index contributed by atoms with van der Waals surface area (Å²) in [6.07, 6.45) is -0.941. The van der Waals surface area contributed by atoms with Gasteiger partial charge in [0.05, 0.1) is 33.0 Å². The van der Waals surface area contributed by atoms with Crippen LogP contribution in [0.5, 0.6) is 0 Å². The van der Waals surface area contributed by atoms with Crippen molar-refractivity contribution >= 4 is 40.3 Å². The van der Waals surface area contributed by atoms with Crippen LogP contribution in [0, 0.1) is 5.95 Å². The summed E-state index contributed by atoms with van der Waals surface area (Å²) in [6, 6.07) is 7.45. The zero-order valence-electron chi connectivity index (χ0n) is 18.9. The first-order valence-corrected chi connectivity index (χ1v) is 11.8. The second-order valence-electron chi connectivity index (χ2n) is 7.87. The molecule has 0 saturated heterocycles. The number of hydrogen-bond acceptors (Lipinski definition) is 7. The standard InChI is InChI=1S/C24H16ClF4N5O2S/c1-12(7-19(35)18-9-17(32-11-33-18)14-3-2-6-30-21(14)26)23-31-10-20(37-23)22(36)34-13-4-5-16(25)15(8-13)24(27,28)29/h2-6,8-12H,7H2,1H3,(H,34,36)/t12-/m0/s1. The highest BCUT2D eigenvalue weighted by Crippen LogP contribution is 2.36. The first-order chi connectivity index (χ1) is 17.5. The Morgan fingerprint density at radius 2 is 1.89 bits per heavy atom. The summed E-state index contributed by atoms with van der Waals surface area (Å²) in [7, 11) is 0. The molecule has 0 aliphatic rings. The summed E-state index contributed by atoms with van der Waals surface area (Å²) in [6.45, 7) is 1.73. The van der Waals surface area contributed by atoms with Crippen LogP contribution in [0.15, 0.2) is 55.1 Å². The van der Waals surface area contributed by atoms with E-state index in [9.17, 15) is 27.2 Å². The van der Waals surface area contributed by atoms with Gasteiger partial charge in [-0.15, -0.1) is 11.3 Å². The fourth-order valence-electron chi connectivity index (χ4n) is 3.34. The van der Waals surface area contributed by atoms with Crippen molar-refractivity contribution in [3.05, 3.63) is 87.2 Å². The van der Waals surface area contributed by atoms with Crippen LogP contribution in [-0.4, -0.2) is 31.6 Å². The molecule has 1 N–H and O–H groups in total. The van der Waals surface area contributed by atoms with Crippen molar-refractivity contribution in [3.8, 4) is 11.3 Å². The van der Waals surface area contributed by atoms with Gasteiger partial charge in [0.1, 0.15) is 16.9 Å². The van der Waals surface area contributed by atoms with E-state index >= 15 is 0 Å². The first kappa shape index (κ1) is 26.3. The zero-order chi connectivity index (χ0) is 26.7. The van der Waals surface area contributed by atoms with Crippen molar-refractivity contribution in [3.63, 3.8) is 0 Å². The molecule has 3 aromatic heterocycles. The topological polar surface area (TPSA) is 97.7 Å². The number of carbonyl (C=O) groups is 2. The van der Waals surface area contributed by atoms with Gasteiger partial charge in [-0.3, -0.25) is 9.59 Å². The van der Waals surface area contributed by atoms with Crippen LogP contribution in [-0.2, 0) is 6.18 Å². The number of carbonyl (C=O) groups excluding carboxylic acids is 2. The molecule has 13 heteroatoms. The minimum Gasteiger partial charge on any atom is -0.321 e. The van der Waals surface area contributed by atoms with E-state index in [1.807, 2.05) is 0 Å². The number of anilines is 1. The number of benzene rings is 1. The molecule has 1 amide bonds. The molecular weight excluding hydrogens is 534 g/mol. The Bertz CT molecular complexity index is 1480. The molecule has 1 aromatic carbocycles. The second kappa shape index (κ2) is 10.7. The lowest BCUT2D eigenvalue weighted by Gasteiger charge is -2.11. The predicted octanol–water partition coefficient (Wildman–Crippen LogP) is 6.44. The van der Waals surface area contributed by atoms with Crippen molar-refractivity contribution in [2.75, 3.05) is 5.32 Å². The van der Waals surface area contributed by atoms with Crippen LogP contribution in [0.3, 0.4) is 0 Å². The summed E-state index contributed by atoms with van der Waals surface area (Å²) in [5.41, 5.74) is -0.725. The van der Waals surface area contributed by atoms with Crippen molar-refractivity contribution in [2.24, 2.45) is 0 Å². The molecular formula is C24H16ClF4N5O2S. The maximum absolute atomic E-state index is 14.0. The Morgan fingerprint density at radius 1 is 1.11 bits per heavy atom. The lowest BCUT2D eigenvalue weighted by molar-refractivity contribution is -0.137. The number of alkyl halides is 3. The molecule has 0 aliphatic heterocycles. The SMILES string of the molecule is C[C@@H](CC(=O)c1cc(-c2cccnc2F)ncn1)c1ncc(C(=O)Nc2ccc(Cl)c(C(F)(F)F)c2)s1. The third-order valence-electron chi connectivity index (χ3n) is 5.18. The van der Waals surface area contributed by atoms with Crippen molar-refractivity contribution < 1.29 is 27.2 Å². The van der Waals surface area contributed by atoms with E-state index in [0.717, 1.165) is 29.8 Å². The zero-order valence-corrected chi connectivity index (χ0v) is 20.5. The Kier molecular flexibility index (Phi) is 7.60. The Balaban J connectivity index is 1.44. The van der Waals surface area contributed by atoms with Crippen molar-refractivity contribution in [2.45, 2.75) is 25.4 Å². The van der Waals surface area contributed by atoms with E-state index in [2.05, 4.69) is 25.3 Å². The van der Waals surface area contributed by atoms with E-state index in [1.165, 1.54) is 30.6 Å². The van der Waals surface area contributed by atoms with Gasteiger partial charge >= 0.3 is 6.18 Å². The Labute approximate surface area is 216 Å². The van der Waals surface area contributed by atoms with Crippen LogP contribution >= 0.6 is 22.9 Å². The molecule has 0 radical (unpaired) electrons. The van der Waals surface area contributed by atoms with Crippen LogP contribution in [0.2, 0.25) is 5.02 Å². The number of rotatable bonds is 7. The summed E-state index contributed by atoms with van der Waals surface area (Å²) in [5.74, 6) is -2.13. The van der Waals surface area contributed by atoms with Gasteiger partial charge in [-0.05, 0) is 36.4 Å². The number of thiazole rings is 1. The van der Waals surface area contributed by atoms with Gasteiger partial charge in [0.15, 0.2) is 5.78 Å². The minimum absolute atomic E-state index is 0.00727. The van der Waals surface area contributed by atoms with Gasteiger partial charge in [-0.1, -0.05) is 18.5 Å². The van der Waals surface area contributed by atoms with E-state index in [0.29, 0.717) is 5.01 Å². The Hall–Kier alpha value is -3.77. The van der Waals surface area contributed by atoms with Crippen molar-refractivity contribution in [1.82, 2.24) is 19.9 Å². The highest BCUT2D eigenvalue weighted by atomic mass is 35.5. The van der Waals surface area contributed by atoms with Crippen molar-refractivity contribution in [1.29, 1.82) is 0 Å². The number of nitrogens with one attached hydrogen (secondary N) is 1. The largest absolute Gasteiger partial charge is 0.417 e. The lowest BCUT2D eigenvalue weighted by Crippen LogP contribution is -2.12. The van der Waals surface area contributed by atoms with Gasteiger partial charge in [0, 0.05) is 24.2 Å². The molecule has 1 atom stereocenters.